The number of amides is 1. The van der Waals surface area contributed by atoms with Crippen LogP contribution in [0, 0.1) is 5.92 Å². The molecule has 0 N–H and O–H groups in total. The van der Waals surface area contributed by atoms with Crippen molar-refractivity contribution in [2.24, 2.45) is 5.92 Å². The molecule has 3 heterocycles. The third-order valence-corrected chi connectivity index (χ3v) is 5.06. The molecular formula is C18H27N3O. The summed E-state index contributed by atoms with van der Waals surface area (Å²) < 4.78 is 0. The van der Waals surface area contributed by atoms with Crippen molar-refractivity contribution in [3.8, 4) is 0 Å². The molecule has 1 aromatic heterocycles. The predicted molar refractivity (Wildman–Crippen MR) is 89.0 cm³/mol. The molecule has 4 nitrogen and oxygen atoms in total. The zero-order chi connectivity index (χ0) is 15.4. The molecule has 2 saturated heterocycles. The van der Waals surface area contributed by atoms with Gasteiger partial charge in [0, 0.05) is 39.3 Å². The molecule has 4 heteroatoms. The maximum atomic E-state index is 11.5. The second-order valence-electron chi connectivity index (χ2n) is 6.72. The fourth-order valence-electron chi connectivity index (χ4n) is 3.72. The maximum Gasteiger partial charge on any atom is 0.219 e. The molecule has 0 aromatic carbocycles. The van der Waals surface area contributed by atoms with E-state index in [1.807, 2.05) is 11.1 Å². The number of hydrogen-bond acceptors (Lipinski definition) is 3. The summed E-state index contributed by atoms with van der Waals surface area (Å²) in [6, 6.07) is 4.44. The molecule has 1 unspecified atom stereocenters. The Balaban J connectivity index is 1.60. The molecule has 2 aliphatic heterocycles. The highest BCUT2D eigenvalue weighted by molar-refractivity contribution is 5.73. The van der Waals surface area contributed by atoms with Gasteiger partial charge in [0.05, 0.1) is 0 Å². The smallest absolute Gasteiger partial charge is 0.219 e. The number of likely N-dealkylation sites (tertiary alicyclic amines) is 1. The minimum atomic E-state index is 0.223. The molecule has 0 radical (unpaired) electrons. The van der Waals surface area contributed by atoms with E-state index in [0.29, 0.717) is 5.92 Å². The zero-order valence-electron chi connectivity index (χ0n) is 13.6. The first-order valence-corrected chi connectivity index (χ1v) is 8.68. The van der Waals surface area contributed by atoms with Gasteiger partial charge in [-0.1, -0.05) is 0 Å². The van der Waals surface area contributed by atoms with Crippen molar-refractivity contribution >= 4 is 11.7 Å². The Morgan fingerprint density at radius 1 is 1.18 bits per heavy atom. The molecule has 1 aromatic rings. The summed E-state index contributed by atoms with van der Waals surface area (Å²) in [5.41, 5.74) is 1.40. The number of nitrogens with zero attached hydrogens (tertiary/aromatic N) is 3. The minimum absolute atomic E-state index is 0.223. The fraction of sp³-hybridized carbons (Fsp3) is 0.667. The molecule has 0 aliphatic carbocycles. The first-order chi connectivity index (χ1) is 10.7. The number of anilines is 1. The lowest BCUT2D eigenvalue weighted by atomic mass is 9.93. The Kier molecular flexibility index (Phi) is 4.96. The molecule has 3 rings (SSSR count). The van der Waals surface area contributed by atoms with Crippen LogP contribution >= 0.6 is 0 Å². The van der Waals surface area contributed by atoms with E-state index >= 15 is 0 Å². The van der Waals surface area contributed by atoms with Gasteiger partial charge in [0.2, 0.25) is 5.91 Å². The van der Waals surface area contributed by atoms with E-state index in [1.54, 1.807) is 6.92 Å². The molecule has 1 atom stereocenters. The molecule has 1 amide bonds. The molecule has 2 aliphatic rings. The number of carbonyl (C=O) groups excluding carboxylic acids is 1. The van der Waals surface area contributed by atoms with Gasteiger partial charge in [0.1, 0.15) is 5.82 Å². The first kappa shape index (κ1) is 15.3. The van der Waals surface area contributed by atoms with Crippen LogP contribution in [0.2, 0.25) is 0 Å². The van der Waals surface area contributed by atoms with Crippen molar-refractivity contribution in [1.29, 1.82) is 0 Å². The summed E-state index contributed by atoms with van der Waals surface area (Å²) in [6.07, 6.45) is 9.14. The van der Waals surface area contributed by atoms with Gasteiger partial charge < -0.3 is 9.80 Å². The zero-order valence-corrected chi connectivity index (χ0v) is 13.6. The van der Waals surface area contributed by atoms with Gasteiger partial charge in [0.15, 0.2) is 0 Å². The average Bonchev–Trinajstić information content (AvgIpc) is 2.95. The quantitative estimate of drug-likeness (QED) is 0.861. The lowest BCUT2D eigenvalue weighted by molar-refractivity contribution is -0.128. The van der Waals surface area contributed by atoms with E-state index < -0.39 is 0 Å². The Morgan fingerprint density at radius 2 is 2.00 bits per heavy atom. The van der Waals surface area contributed by atoms with Crippen LogP contribution in [0.25, 0.3) is 0 Å². The van der Waals surface area contributed by atoms with Crippen LogP contribution in [0.3, 0.4) is 0 Å². The predicted octanol–water partition coefficient (Wildman–Crippen LogP) is 2.87. The van der Waals surface area contributed by atoms with Crippen molar-refractivity contribution in [2.45, 2.75) is 45.4 Å². The summed E-state index contributed by atoms with van der Waals surface area (Å²) in [5.74, 6) is 2.06. The van der Waals surface area contributed by atoms with Crippen molar-refractivity contribution < 1.29 is 4.79 Å². The summed E-state index contributed by atoms with van der Waals surface area (Å²) in [7, 11) is 0. The topological polar surface area (TPSA) is 36.4 Å². The molecule has 22 heavy (non-hydrogen) atoms. The highest BCUT2D eigenvalue weighted by atomic mass is 16.2. The lowest BCUT2D eigenvalue weighted by Crippen LogP contribution is -2.29. The molecule has 0 spiro atoms. The third kappa shape index (κ3) is 3.79. The van der Waals surface area contributed by atoms with E-state index in [0.717, 1.165) is 51.3 Å². The SMILES string of the molecule is CC(=O)N1CCCC(Cc2ccnc(N3CCCC3)c2)CC1. The van der Waals surface area contributed by atoms with Crippen LogP contribution in [0.1, 0.15) is 44.6 Å². The molecule has 120 valence electrons. The van der Waals surface area contributed by atoms with E-state index in [2.05, 4.69) is 22.0 Å². The van der Waals surface area contributed by atoms with Crippen molar-refractivity contribution in [3.05, 3.63) is 23.9 Å². The molecule has 0 bridgehead atoms. The second-order valence-corrected chi connectivity index (χ2v) is 6.72. The van der Waals surface area contributed by atoms with Gasteiger partial charge in [-0.3, -0.25) is 4.79 Å². The normalized spacial score (nSPS) is 22.7. The Labute approximate surface area is 133 Å². The maximum absolute atomic E-state index is 11.5. The Morgan fingerprint density at radius 3 is 2.77 bits per heavy atom. The number of rotatable bonds is 3. The van der Waals surface area contributed by atoms with E-state index in [1.165, 1.54) is 24.8 Å². The van der Waals surface area contributed by atoms with Crippen molar-refractivity contribution in [2.75, 3.05) is 31.1 Å². The largest absolute Gasteiger partial charge is 0.357 e. The highest BCUT2D eigenvalue weighted by Gasteiger charge is 2.19. The van der Waals surface area contributed by atoms with Crippen LogP contribution in [0.5, 0.6) is 0 Å². The number of aromatic nitrogens is 1. The van der Waals surface area contributed by atoms with E-state index in [4.69, 9.17) is 0 Å². The van der Waals surface area contributed by atoms with Gasteiger partial charge >= 0.3 is 0 Å². The molecular weight excluding hydrogens is 274 g/mol. The van der Waals surface area contributed by atoms with Gasteiger partial charge in [-0.05, 0) is 62.1 Å². The van der Waals surface area contributed by atoms with Gasteiger partial charge in [0.25, 0.3) is 0 Å². The summed E-state index contributed by atoms with van der Waals surface area (Å²) >= 11 is 0. The Hall–Kier alpha value is -1.58. The van der Waals surface area contributed by atoms with Crippen LogP contribution in [-0.2, 0) is 11.2 Å². The second kappa shape index (κ2) is 7.12. The van der Waals surface area contributed by atoms with Crippen LogP contribution in [-0.4, -0.2) is 42.0 Å². The van der Waals surface area contributed by atoms with Gasteiger partial charge in [-0.2, -0.15) is 0 Å². The van der Waals surface area contributed by atoms with Crippen LogP contribution < -0.4 is 4.90 Å². The first-order valence-electron chi connectivity index (χ1n) is 8.68. The van der Waals surface area contributed by atoms with E-state index in [9.17, 15) is 4.79 Å². The number of hydrogen-bond donors (Lipinski definition) is 0. The van der Waals surface area contributed by atoms with Gasteiger partial charge in [-0.15, -0.1) is 0 Å². The third-order valence-electron chi connectivity index (χ3n) is 5.06. The van der Waals surface area contributed by atoms with Crippen LogP contribution in [0.4, 0.5) is 5.82 Å². The highest BCUT2D eigenvalue weighted by Crippen LogP contribution is 2.24. The minimum Gasteiger partial charge on any atom is -0.357 e. The lowest BCUT2D eigenvalue weighted by Gasteiger charge is -2.19. The summed E-state index contributed by atoms with van der Waals surface area (Å²) in [4.78, 5) is 20.5. The molecule has 0 saturated carbocycles. The standard InChI is InChI=1S/C18H27N3O/c1-15(22)20-11-4-5-16(7-12-20)13-17-6-8-19-18(14-17)21-9-2-3-10-21/h6,8,14,16H,2-5,7,9-13H2,1H3. The number of pyridine rings is 1. The Bertz CT molecular complexity index is 511. The van der Waals surface area contributed by atoms with Crippen molar-refractivity contribution in [1.82, 2.24) is 9.88 Å². The van der Waals surface area contributed by atoms with Gasteiger partial charge in [-0.25, -0.2) is 4.98 Å². The number of carbonyl (C=O) groups is 1. The van der Waals surface area contributed by atoms with Crippen molar-refractivity contribution in [3.63, 3.8) is 0 Å². The van der Waals surface area contributed by atoms with E-state index in [-0.39, 0.29) is 5.91 Å². The fourth-order valence-corrected chi connectivity index (χ4v) is 3.72. The summed E-state index contributed by atoms with van der Waals surface area (Å²) in [6.45, 7) is 5.83. The monoisotopic (exact) mass is 301 g/mol. The average molecular weight is 301 g/mol. The molecule has 2 fully saturated rings. The van der Waals surface area contributed by atoms with Crippen LogP contribution in [0.15, 0.2) is 18.3 Å². The summed E-state index contributed by atoms with van der Waals surface area (Å²) in [5, 5.41) is 0.